The molecule has 4 nitrogen and oxygen atoms in total. The minimum atomic E-state index is 0.670. The maximum absolute atomic E-state index is 5.92. The number of likely N-dealkylation sites (N-methyl/N-ethyl adjacent to an activating group) is 1. The van der Waals surface area contributed by atoms with Crippen LogP contribution in [0.5, 0.6) is 11.5 Å². The summed E-state index contributed by atoms with van der Waals surface area (Å²) >= 11 is 0. The average molecular weight is 264 g/mol. The molecule has 0 spiro atoms. The van der Waals surface area contributed by atoms with Crippen molar-refractivity contribution >= 4 is 0 Å². The van der Waals surface area contributed by atoms with Crippen LogP contribution in [0.2, 0.25) is 0 Å². The van der Waals surface area contributed by atoms with E-state index in [-0.39, 0.29) is 0 Å². The Morgan fingerprint density at radius 1 is 1.32 bits per heavy atom. The number of methoxy groups -OCH3 is 1. The van der Waals surface area contributed by atoms with E-state index < -0.39 is 0 Å². The summed E-state index contributed by atoms with van der Waals surface area (Å²) in [5, 5.41) is 3.52. The molecule has 1 saturated carbocycles. The van der Waals surface area contributed by atoms with Crippen molar-refractivity contribution in [1.82, 2.24) is 10.2 Å². The number of nitrogens with zero attached hydrogens (tertiary/aromatic N) is 1. The van der Waals surface area contributed by atoms with Crippen LogP contribution in [0.4, 0.5) is 0 Å². The Balaban J connectivity index is 2.01. The lowest BCUT2D eigenvalue weighted by atomic mass is 10.2. The molecule has 0 saturated heterocycles. The first-order valence-corrected chi connectivity index (χ1v) is 6.87. The first kappa shape index (κ1) is 14.2. The second-order valence-corrected chi connectivity index (χ2v) is 5.26. The van der Waals surface area contributed by atoms with Gasteiger partial charge in [-0.2, -0.15) is 0 Å². The average Bonchev–Trinajstić information content (AvgIpc) is 3.20. The molecule has 0 unspecified atom stereocenters. The van der Waals surface area contributed by atoms with Crippen LogP contribution in [-0.2, 0) is 6.54 Å². The van der Waals surface area contributed by atoms with Crippen molar-refractivity contribution in [2.24, 2.45) is 0 Å². The molecule has 0 amide bonds. The van der Waals surface area contributed by atoms with Gasteiger partial charge in [0, 0.05) is 24.7 Å². The molecular weight excluding hydrogens is 240 g/mol. The normalized spacial score (nSPS) is 14.7. The van der Waals surface area contributed by atoms with Crippen molar-refractivity contribution in [3.05, 3.63) is 23.8 Å². The summed E-state index contributed by atoms with van der Waals surface area (Å²) < 4.78 is 11.3. The van der Waals surface area contributed by atoms with Gasteiger partial charge in [-0.3, -0.25) is 0 Å². The Kier molecular flexibility index (Phi) is 5.05. The highest BCUT2D eigenvalue weighted by Gasteiger charge is 2.21. The van der Waals surface area contributed by atoms with Gasteiger partial charge in [-0.25, -0.2) is 0 Å². The topological polar surface area (TPSA) is 33.7 Å². The number of nitrogens with one attached hydrogen (secondary N) is 1. The molecule has 106 valence electrons. The largest absolute Gasteiger partial charge is 0.493 e. The van der Waals surface area contributed by atoms with E-state index in [1.165, 1.54) is 18.4 Å². The summed E-state index contributed by atoms with van der Waals surface area (Å²) in [6, 6.07) is 6.76. The van der Waals surface area contributed by atoms with Crippen molar-refractivity contribution in [2.75, 3.05) is 34.4 Å². The van der Waals surface area contributed by atoms with Gasteiger partial charge in [-0.15, -0.1) is 0 Å². The molecule has 0 bridgehead atoms. The molecule has 1 aromatic carbocycles. The molecule has 0 aliphatic heterocycles. The number of benzene rings is 1. The summed E-state index contributed by atoms with van der Waals surface area (Å²) in [6.07, 6.45) is 2.58. The lowest BCUT2D eigenvalue weighted by Crippen LogP contribution is -2.21. The van der Waals surface area contributed by atoms with Gasteiger partial charge in [0.1, 0.15) is 6.61 Å². The predicted molar refractivity (Wildman–Crippen MR) is 76.9 cm³/mol. The third kappa shape index (κ3) is 4.40. The van der Waals surface area contributed by atoms with Crippen LogP contribution in [-0.4, -0.2) is 45.3 Å². The van der Waals surface area contributed by atoms with E-state index in [9.17, 15) is 0 Å². The monoisotopic (exact) mass is 264 g/mol. The number of ether oxygens (including phenoxy) is 2. The predicted octanol–water partition coefficient (Wildman–Crippen LogP) is 1.89. The van der Waals surface area contributed by atoms with Crippen LogP contribution in [0.1, 0.15) is 18.4 Å². The van der Waals surface area contributed by atoms with Gasteiger partial charge in [0.25, 0.3) is 0 Å². The highest BCUT2D eigenvalue weighted by molar-refractivity contribution is 5.46. The smallest absolute Gasteiger partial charge is 0.165 e. The van der Waals surface area contributed by atoms with Crippen molar-refractivity contribution in [2.45, 2.75) is 25.4 Å². The van der Waals surface area contributed by atoms with E-state index in [0.717, 1.165) is 24.6 Å². The Morgan fingerprint density at radius 2 is 2.11 bits per heavy atom. The molecule has 19 heavy (non-hydrogen) atoms. The third-order valence-corrected chi connectivity index (χ3v) is 3.22. The minimum Gasteiger partial charge on any atom is -0.493 e. The van der Waals surface area contributed by atoms with Gasteiger partial charge in [-0.1, -0.05) is 12.1 Å². The van der Waals surface area contributed by atoms with E-state index in [0.29, 0.717) is 12.6 Å². The van der Waals surface area contributed by atoms with Crippen LogP contribution < -0.4 is 14.8 Å². The molecule has 0 atom stereocenters. The zero-order valence-corrected chi connectivity index (χ0v) is 12.1. The van der Waals surface area contributed by atoms with Crippen LogP contribution in [0.25, 0.3) is 0 Å². The van der Waals surface area contributed by atoms with E-state index >= 15 is 0 Å². The second-order valence-electron chi connectivity index (χ2n) is 5.26. The first-order valence-electron chi connectivity index (χ1n) is 6.87. The summed E-state index contributed by atoms with van der Waals surface area (Å²) in [5.41, 5.74) is 1.17. The molecule has 0 heterocycles. The fraction of sp³-hybridized carbons (Fsp3) is 0.600. The first-order chi connectivity index (χ1) is 9.20. The molecule has 4 heteroatoms. The quantitative estimate of drug-likeness (QED) is 0.777. The summed E-state index contributed by atoms with van der Waals surface area (Å²) in [7, 11) is 5.77. The minimum absolute atomic E-state index is 0.670. The summed E-state index contributed by atoms with van der Waals surface area (Å²) in [5.74, 6) is 1.69. The van der Waals surface area contributed by atoms with Crippen LogP contribution in [0.3, 0.4) is 0 Å². The van der Waals surface area contributed by atoms with Crippen molar-refractivity contribution in [3.63, 3.8) is 0 Å². The second kappa shape index (κ2) is 6.78. The van der Waals surface area contributed by atoms with Gasteiger partial charge in [-0.05, 0) is 33.0 Å². The number of para-hydroxylation sites is 1. The third-order valence-electron chi connectivity index (χ3n) is 3.22. The molecule has 2 rings (SSSR count). The molecular formula is C15H24N2O2. The molecule has 0 radical (unpaired) electrons. The van der Waals surface area contributed by atoms with E-state index in [2.05, 4.69) is 16.3 Å². The van der Waals surface area contributed by atoms with Crippen molar-refractivity contribution in [3.8, 4) is 11.5 Å². The van der Waals surface area contributed by atoms with E-state index in [1.807, 2.05) is 26.2 Å². The Bertz CT molecular complexity index is 403. The van der Waals surface area contributed by atoms with Gasteiger partial charge in [0.05, 0.1) is 7.11 Å². The lowest BCUT2D eigenvalue weighted by Gasteiger charge is -2.17. The number of rotatable bonds is 8. The Hall–Kier alpha value is -1.26. The van der Waals surface area contributed by atoms with E-state index in [4.69, 9.17) is 9.47 Å². The standard InChI is InChI=1S/C15H24N2O2/c1-17(2)9-10-19-15-12(11-16-13-7-8-13)5-4-6-14(15)18-3/h4-6,13,16H,7-11H2,1-3H3. The van der Waals surface area contributed by atoms with Gasteiger partial charge in [0.15, 0.2) is 11.5 Å². The maximum atomic E-state index is 5.92. The highest BCUT2D eigenvalue weighted by atomic mass is 16.5. The molecule has 1 aliphatic rings. The van der Waals surface area contributed by atoms with Crippen LogP contribution in [0, 0.1) is 0 Å². The zero-order chi connectivity index (χ0) is 13.7. The van der Waals surface area contributed by atoms with Crippen molar-refractivity contribution in [1.29, 1.82) is 0 Å². The highest BCUT2D eigenvalue weighted by Crippen LogP contribution is 2.31. The Morgan fingerprint density at radius 3 is 2.74 bits per heavy atom. The fourth-order valence-corrected chi connectivity index (χ4v) is 1.90. The number of hydrogen-bond acceptors (Lipinski definition) is 4. The SMILES string of the molecule is COc1cccc(CNC2CC2)c1OCCN(C)C. The van der Waals surface area contributed by atoms with Crippen molar-refractivity contribution < 1.29 is 9.47 Å². The van der Waals surface area contributed by atoms with Crippen LogP contribution in [0.15, 0.2) is 18.2 Å². The fourth-order valence-electron chi connectivity index (χ4n) is 1.90. The zero-order valence-electron chi connectivity index (χ0n) is 12.1. The van der Waals surface area contributed by atoms with Gasteiger partial charge >= 0.3 is 0 Å². The van der Waals surface area contributed by atoms with Crippen LogP contribution >= 0.6 is 0 Å². The number of hydrogen-bond donors (Lipinski definition) is 1. The Labute approximate surface area is 115 Å². The van der Waals surface area contributed by atoms with Gasteiger partial charge < -0.3 is 19.7 Å². The lowest BCUT2D eigenvalue weighted by molar-refractivity contribution is 0.248. The summed E-state index contributed by atoms with van der Waals surface area (Å²) in [4.78, 5) is 2.11. The molecule has 1 aromatic rings. The maximum Gasteiger partial charge on any atom is 0.165 e. The van der Waals surface area contributed by atoms with E-state index in [1.54, 1.807) is 7.11 Å². The van der Waals surface area contributed by atoms with Gasteiger partial charge in [0.2, 0.25) is 0 Å². The molecule has 1 aliphatic carbocycles. The summed E-state index contributed by atoms with van der Waals surface area (Å²) in [6.45, 7) is 2.41. The molecule has 1 fully saturated rings. The molecule has 1 N–H and O–H groups in total. The molecule has 0 aromatic heterocycles.